The molecule has 1 amide bonds. The van der Waals surface area contributed by atoms with Gasteiger partial charge in [0.2, 0.25) is 0 Å². The second-order valence-electron chi connectivity index (χ2n) is 3.42. The predicted octanol–water partition coefficient (Wildman–Crippen LogP) is 1.99. The topological polar surface area (TPSA) is 68.3 Å². The summed E-state index contributed by atoms with van der Waals surface area (Å²) >= 11 is 0.606. The second kappa shape index (κ2) is 5.69. The van der Waals surface area contributed by atoms with Crippen LogP contribution in [0.3, 0.4) is 0 Å². The molecular weight excluding hydrogens is 311 g/mol. The summed E-state index contributed by atoms with van der Waals surface area (Å²) in [6.45, 7) is 0. The molecule has 1 N–H and O–H groups in total. The van der Waals surface area contributed by atoms with Gasteiger partial charge in [-0.2, -0.15) is 22.0 Å². The number of aromatic nitrogens is 1. The van der Waals surface area contributed by atoms with Gasteiger partial charge in [-0.25, -0.2) is 4.98 Å². The number of amides is 1. The summed E-state index contributed by atoms with van der Waals surface area (Å²) in [4.78, 5) is 25.3. The van der Waals surface area contributed by atoms with Crippen LogP contribution < -0.4 is 5.32 Å². The molecule has 0 unspecified atom stereocenters. The van der Waals surface area contributed by atoms with Gasteiger partial charge in [-0.1, -0.05) is 0 Å². The SMILES string of the molecule is COC(=O)Cc1csc(NC(=O)C(F)(F)C(F)(F)F)n1. The van der Waals surface area contributed by atoms with Gasteiger partial charge in [-0.3, -0.25) is 14.9 Å². The number of esters is 1. The van der Waals surface area contributed by atoms with E-state index in [4.69, 9.17) is 0 Å². The number of halogens is 5. The van der Waals surface area contributed by atoms with E-state index >= 15 is 0 Å². The summed E-state index contributed by atoms with van der Waals surface area (Å²) in [5.74, 6) is -8.74. The highest BCUT2D eigenvalue weighted by atomic mass is 32.1. The maximum atomic E-state index is 12.6. The Kier molecular flexibility index (Phi) is 4.63. The van der Waals surface area contributed by atoms with E-state index in [1.54, 1.807) is 0 Å². The van der Waals surface area contributed by atoms with Crippen LogP contribution in [-0.2, 0) is 20.7 Å². The highest BCUT2D eigenvalue weighted by molar-refractivity contribution is 7.13. The van der Waals surface area contributed by atoms with Crippen LogP contribution in [0.1, 0.15) is 5.69 Å². The minimum Gasteiger partial charge on any atom is -0.469 e. The van der Waals surface area contributed by atoms with Crippen LogP contribution >= 0.6 is 11.3 Å². The molecule has 1 aromatic rings. The van der Waals surface area contributed by atoms with Crippen LogP contribution in [0.15, 0.2) is 5.38 Å². The lowest BCUT2D eigenvalue weighted by Gasteiger charge is -2.17. The molecule has 0 fully saturated rings. The monoisotopic (exact) mass is 318 g/mol. The first-order chi connectivity index (χ1) is 9.07. The molecule has 0 aliphatic rings. The Balaban J connectivity index is 2.75. The van der Waals surface area contributed by atoms with Crippen molar-refractivity contribution in [1.29, 1.82) is 0 Å². The molecule has 1 aromatic heterocycles. The van der Waals surface area contributed by atoms with Crippen LogP contribution in [0.5, 0.6) is 0 Å². The Bertz CT molecular complexity index is 514. The molecule has 1 heterocycles. The fourth-order valence-corrected chi connectivity index (χ4v) is 1.68. The highest BCUT2D eigenvalue weighted by Crippen LogP contribution is 2.36. The van der Waals surface area contributed by atoms with Crippen molar-refractivity contribution in [2.75, 3.05) is 12.4 Å². The number of nitrogens with one attached hydrogen (secondary N) is 1. The molecule has 0 spiro atoms. The van der Waals surface area contributed by atoms with Gasteiger partial charge in [0.15, 0.2) is 5.13 Å². The molecule has 0 atom stereocenters. The van der Waals surface area contributed by atoms with E-state index in [1.165, 1.54) is 10.7 Å². The Morgan fingerprint density at radius 1 is 1.35 bits per heavy atom. The maximum Gasteiger partial charge on any atom is 0.463 e. The third kappa shape index (κ3) is 3.62. The van der Waals surface area contributed by atoms with E-state index in [1.807, 2.05) is 0 Å². The van der Waals surface area contributed by atoms with Gasteiger partial charge in [0.25, 0.3) is 0 Å². The Labute approximate surface area is 112 Å². The van der Waals surface area contributed by atoms with Gasteiger partial charge in [-0.15, -0.1) is 11.3 Å². The number of ether oxygens (including phenoxy) is 1. The van der Waals surface area contributed by atoms with Gasteiger partial charge in [0.1, 0.15) is 0 Å². The van der Waals surface area contributed by atoms with E-state index in [2.05, 4.69) is 9.72 Å². The van der Waals surface area contributed by atoms with Crippen molar-refractivity contribution in [1.82, 2.24) is 4.98 Å². The van der Waals surface area contributed by atoms with Gasteiger partial charge >= 0.3 is 24.0 Å². The van der Waals surface area contributed by atoms with Gasteiger partial charge < -0.3 is 4.74 Å². The number of thiazole rings is 1. The van der Waals surface area contributed by atoms with Crippen molar-refractivity contribution in [3.8, 4) is 0 Å². The van der Waals surface area contributed by atoms with Crippen LogP contribution in [0.25, 0.3) is 0 Å². The molecule has 0 radical (unpaired) electrons. The molecule has 20 heavy (non-hydrogen) atoms. The maximum absolute atomic E-state index is 12.6. The van der Waals surface area contributed by atoms with Crippen molar-refractivity contribution in [3.63, 3.8) is 0 Å². The number of methoxy groups -OCH3 is 1. The number of anilines is 1. The van der Waals surface area contributed by atoms with Gasteiger partial charge in [0, 0.05) is 5.38 Å². The fraction of sp³-hybridized carbons (Fsp3) is 0.444. The lowest BCUT2D eigenvalue weighted by Crippen LogP contribution is -2.47. The summed E-state index contributed by atoms with van der Waals surface area (Å²) in [6.07, 6.45) is -6.29. The first kappa shape index (κ1) is 16.3. The first-order valence-corrected chi connectivity index (χ1v) is 5.73. The molecule has 0 aliphatic carbocycles. The van der Waals surface area contributed by atoms with Crippen molar-refractivity contribution in [2.45, 2.75) is 18.5 Å². The van der Waals surface area contributed by atoms with Gasteiger partial charge in [0.05, 0.1) is 19.2 Å². The van der Waals surface area contributed by atoms with Crippen molar-refractivity contribution in [3.05, 3.63) is 11.1 Å². The zero-order valence-electron chi connectivity index (χ0n) is 9.75. The van der Waals surface area contributed by atoms with Crippen LogP contribution in [-0.4, -0.2) is 36.1 Å². The molecule has 0 bridgehead atoms. The van der Waals surface area contributed by atoms with Crippen LogP contribution in [0.4, 0.5) is 27.1 Å². The number of carbonyl (C=O) groups excluding carboxylic acids is 2. The minimum atomic E-state index is -6.00. The smallest absolute Gasteiger partial charge is 0.463 e. The lowest BCUT2D eigenvalue weighted by atomic mass is 10.3. The Morgan fingerprint density at radius 3 is 2.45 bits per heavy atom. The zero-order valence-corrected chi connectivity index (χ0v) is 10.6. The summed E-state index contributed by atoms with van der Waals surface area (Å²) in [7, 11) is 1.11. The molecule has 0 aromatic carbocycles. The summed E-state index contributed by atoms with van der Waals surface area (Å²) < 4.78 is 65.4. The molecule has 11 heteroatoms. The summed E-state index contributed by atoms with van der Waals surface area (Å²) in [5, 5.41) is 2.09. The predicted molar refractivity (Wildman–Crippen MR) is 57.5 cm³/mol. The van der Waals surface area contributed by atoms with Gasteiger partial charge in [-0.05, 0) is 0 Å². The first-order valence-electron chi connectivity index (χ1n) is 4.85. The molecule has 1 rings (SSSR count). The number of hydrogen-bond donors (Lipinski definition) is 1. The van der Waals surface area contributed by atoms with E-state index in [0.29, 0.717) is 11.3 Å². The minimum absolute atomic E-state index is 0.0764. The summed E-state index contributed by atoms with van der Waals surface area (Å²) in [6, 6.07) is 0. The standard InChI is InChI=1S/C9H7F5N2O3S/c1-19-5(17)2-4-3-20-7(15-4)16-6(18)8(10,11)9(12,13)14/h3H,2H2,1H3,(H,15,16,18). The summed E-state index contributed by atoms with van der Waals surface area (Å²) in [5.41, 5.74) is 0.0764. The third-order valence-corrected chi connectivity index (χ3v) is 2.77. The number of alkyl halides is 5. The van der Waals surface area contributed by atoms with Crippen LogP contribution in [0.2, 0.25) is 0 Å². The van der Waals surface area contributed by atoms with Crippen molar-refractivity contribution < 1.29 is 36.3 Å². The van der Waals surface area contributed by atoms with E-state index < -0.39 is 29.1 Å². The molecular formula is C9H7F5N2O3S. The van der Waals surface area contributed by atoms with E-state index in [-0.39, 0.29) is 12.1 Å². The molecule has 0 aliphatic heterocycles. The number of carbonyl (C=O) groups is 2. The quantitative estimate of drug-likeness (QED) is 0.681. The average molecular weight is 318 g/mol. The number of nitrogens with zero attached hydrogens (tertiary/aromatic N) is 1. The molecule has 0 saturated carbocycles. The largest absolute Gasteiger partial charge is 0.469 e. The number of hydrogen-bond acceptors (Lipinski definition) is 5. The average Bonchev–Trinajstić information content (AvgIpc) is 2.74. The van der Waals surface area contributed by atoms with Crippen molar-refractivity contribution in [2.24, 2.45) is 0 Å². The second-order valence-corrected chi connectivity index (χ2v) is 4.28. The molecule has 5 nitrogen and oxygen atoms in total. The lowest BCUT2D eigenvalue weighted by molar-refractivity contribution is -0.267. The zero-order chi connectivity index (χ0) is 15.6. The van der Waals surface area contributed by atoms with E-state index in [9.17, 15) is 31.5 Å². The van der Waals surface area contributed by atoms with Crippen molar-refractivity contribution >= 4 is 28.3 Å². The van der Waals surface area contributed by atoms with E-state index in [0.717, 1.165) is 7.11 Å². The number of rotatable bonds is 4. The third-order valence-electron chi connectivity index (χ3n) is 1.97. The highest BCUT2D eigenvalue weighted by Gasteiger charge is 2.63. The fourth-order valence-electron chi connectivity index (χ4n) is 0.970. The Morgan fingerprint density at radius 2 is 1.95 bits per heavy atom. The Hall–Kier alpha value is -1.78. The molecule has 112 valence electrons. The van der Waals surface area contributed by atoms with Crippen LogP contribution in [0, 0.1) is 0 Å². The molecule has 0 saturated heterocycles. The normalized spacial score (nSPS) is 12.1.